The molecular weight excluding hydrogens is 212 g/mol. The first-order valence-corrected chi connectivity index (χ1v) is 6.31. The molecule has 0 aliphatic rings. The van der Waals surface area contributed by atoms with E-state index in [0.29, 0.717) is 0 Å². The Morgan fingerprint density at radius 2 is 2.06 bits per heavy atom. The molecular formula is C14H24N2O. The molecule has 0 aromatic heterocycles. The zero-order valence-electron chi connectivity index (χ0n) is 11.4. The highest BCUT2D eigenvalue weighted by molar-refractivity contribution is 5.58. The molecule has 0 heterocycles. The molecule has 0 saturated heterocycles. The van der Waals surface area contributed by atoms with Crippen molar-refractivity contribution in [1.29, 1.82) is 0 Å². The summed E-state index contributed by atoms with van der Waals surface area (Å²) in [4.78, 5) is 2.22. The molecule has 17 heavy (non-hydrogen) atoms. The smallest absolute Gasteiger partial charge is 0.126 e. The van der Waals surface area contributed by atoms with E-state index in [1.807, 2.05) is 6.07 Å². The van der Waals surface area contributed by atoms with Gasteiger partial charge in [-0.15, -0.1) is 0 Å². The van der Waals surface area contributed by atoms with Crippen molar-refractivity contribution in [1.82, 2.24) is 0 Å². The SMILES string of the molecule is CCCc1cc(N(CC)C(C)OC)ccc1N. The van der Waals surface area contributed by atoms with E-state index in [4.69, 9.17) is 10.5 Å². The van der Waals surface area contributed by atoms with Crippen molar-refractivity contribution in [3.8, 4) is 0 Å². The molecule has 1 aromatic carbocycles. The molecule has 0 fully saturated rings. The molecule has 0 saturated carbocycles. The summed E-state index contributed by atoms with van der Waals surface area (Å²) >= 11 is 0. The van der Waals surface area contributed by atoms with Gasteiger partial charge in [-0.05, 0) is 44.0 Å². The van der Waals surface area contributed by atoms with E-state index in [1.54, 1.807) is 7.11 Å². The molecule has 3 heteroatoms. The maximum atomic E-state index is 5.98. The quantitative estimate of drug-likeness (QED) is 0.609. The van der Waals surface area contributed by atoms with Crippen LogP contribution in [0.5, 0.6) is 0 Å². The van der Waals surface area contributed by atoms with E-state index >= 15 is 0 Å². The van der Waals surface area contributed by atoms with Crippen molar-refractivity contribution in [2.75, 3.05) is 24.3 Å². The minimum atomic E-state index is 0.0816. The van der Waals surface area contributed by atoms with E-state index in [0.717, 1.165) is 25.1 Å². The molecule has 1 unspecified atom stereocenters. The van der Waals surface area contributed by atoms with Crippen LogP contribution < -0.4 is 10.6 Å². The number of anilines is 2. The summed E-state index contributed by atoms with van der Waals surface area (Å²) in [5, 5.41) is 0. The number of hydrogen-bond donors (Lipinski definition) is 1. The van der Waals surface area contributed by atoms with Crippen LogP contribution in [0.25, 0.3) is 0 Å². The summed E-state index contributed by atoms with van der Waals surface area (Å²) in [7, 11) is 1.73. The third-order valence-electron chi connectivity index (χ3n) is 3.10. The van der Waals surface area contributed by atoms with Crippen LogP contribution >= 0.6 is 0 Å². The Morgan fingerprint density at radius 1 is 1.35 bits per heavy atom. The van der Waals surface area contributed by atoms with E-state index < -0.39 is 0 Å². The topological polar surface area (TPSA) is 38.5 Å². The third kappa shape index (κ3) is 3.37. The first-order chi connectivity index (χ1) is 8.13. The molecule has 3 nitrogen and oxygen atoms in total. The molecule has 96 valence electrons. The summed E-state index contributed by atoms with van der Waals surface area (Å²) < 4.78 is 5.38. The molecule has 0 bridgehead atoms. The van der Waals surface area contributed by atoms with Gasteiger partial charge in [0.05, 0.1) is 0 Å². The van der Waals surface area contributed by atoms with Crippen molar-refractivity contribution < 1.29 is 4.74 Å². The lowest BCUT2D eigenvalue weighted by molar-refractivity contribution is 0.115. The lowest BCUT2D eigenvalue weighted by Crippen LogP contribution is -2.34. The van der Waals surface area contributed by atoms with Crippen LogP contribution in [0.2, 0.25) is 0 Å². The number of nitrogen functional groups attached to an aromatic ring is 1. The number of hydrogen-bond acceptors (Lipinski definition) is 3. The summed E-state index contributed by atoms with van der Waals surface area (Å²) in [5.41, 5.74) is 9.27. The van der Waals surface area contributed by atoms with Gasteiger partial charge in [0.25, 0.3) is 0 Å². The van der Waals surface area contributed by atoms with Crippen LogP contribution in [-0.4, -0.2) is 19.9 Å². The molecule has 1 atom stereocenters. The maximum absolute atomic E-state index is 5.98. The van der Waals surface area contributed by atoms with E-state index in [1.165, 1.54) is 11.3 Å². The van der Waals surface area contributed by atoms with Gasteiger partial charge >= 0.3 is 0 Å². The second kappa shape index (κ2) is 6.50. The van der Waals surface area contributed by atoms with Crippen LogP contribution in [0.3, 0.4) is 0 Å². The Kier molecular flexibility index (Phi) is 5.29. The van der Waals surface area contributed by atoms with Gasteiger partial charge in [-0.1, -0.05) is 13.3 Å². The van der Waals surface area contributed by atoms with Gasteiger partial charge < -0.3 is 15.4 Å². The Bertz CT molecular complexity index is 352. The minimum absolute atomic E-state index is 0.0816. The zero-order chi connectivity index (χ0) is 12.8. The lowest BCUT2D eigenvalue weighted by Gasteiger charge is -2.29. The highest BCUT2D eigenvalue weighted by atomic mass is 16.5. The normalized spacial score (nSPS) is 12.5. The van der Waals surface area contributed by atoms with Crippen LogP contribution in [-0.2, 0) is 11.2 Å². The largest absolute Gasteiger partial charge is 0.399 e. The Balaban J connectivity index is 2.99. The second-order valence-corrected chi connectivity index (χ2v) is 4.25. The average Bonchev–Trinajstić information content (AvgIpc) is 2.34. The first kappa shape index (κ1) is 13.8. The standard InChI is InChI=1S/C14H24N2O/c1-5-7-12-10-13(8-9-14(12)15)16(6-2)11(3)17-4/h8-11H,5-7,15H2,1-4H3. The fourth-order valence-corrected chi connectivity index (χ4v) is 2.03. The van der Waals surface area contributed by atoms with Crippen LogP contribution in [0, 0.1) is 0 Å². The highest BCUT2D eigenvalue weighted by Crippen LogP contribution is 2.24. The Morgan fingerprint density at radius 3 is 2.59 bits per heavy atom. The fraction of sp³-hybridized carbons (Fsp3) is 0.571. The van der Waals surface area contributed by atoms with Crippen molar-refractivity contribution in [2.24, 2.45) is 0 Å². The van der Waals surface area contributed by atoms with Crippen molar-refractivity contribution in [3.05, 3.63) is 23.8 Å². The number of aryl methyl sites for hydroxylation is 1. The van der Waals surface area contributed by atoms with Crippen LogP contribution in [0.1, 0.15) is 32.8 Å². The first-order valence-electron chi connectivity index (χ1n) is 6.31. The Labute approximate surface area is 105 Å². The number of nitrogens with zero attached hydrogens (tertiary/aromatic N) is 1. The number of ether oxygens (including phenoxy) is 1. The van der Waals surface area contributed by atoms with E-state index in [2.05, 4.69) is 37.8 Å². The van der Waals surface area contributed by atoms with Gasteiger partial charge in [0.15, 0.2) is 0 Å². The summed E-state index contributed by atoms with van der Waals surface area (Å²) in [6.07, 6.45) is 2.22. The predicted molar refractivity (Wildman–Crippen MR) is 74.3 cm³/mol. The van der Waals surface area contributed by atoms with E-state index in [-0.39, 0.29) is 6.23 Å². The van der Waals surface area contributed by atoms with Gasteiger partial charge in [-0.25, -0.2) is 0 Å². The summed E-state index contributed by atoms with van der Waals surface area (Å²) in [6, 6.07) is 6.23. The fourth-order valence-electron chi connectivity index (χ4n) is 2.03. The summed E-state index contributed by atoms with van der Waals surface area (Å²) in [5.74, 6) is 0. The molecule has 1 aromatic rings. The minimum Gasteiger partial charge on any atom is -0.399 e. The monoisotopic (exact) mass is 236 g/mol. The third-order valence-corrected chi connectivity index (χ3v) is 3.10. The number of rotatable bonds is 6. The van der Waals surface area contributed by atoms with Gasteiger partial charge in [-0.2, -0.15) is 0 Å². The van der Waals surface area contributed by atoms with Crippen LogP contribution in [0.15, 0.2) is 18.2 Å². The molecule has 0 spiro atoms. The van der Waals surface area contributed by atoms with E-state index in [9.17, 15) is 0 Å². The molecule has 2 N–H and O–H groups in total. The predicted octanol–water partition coefficient (Wildman–Crippen LogP) is 3.04. The second-order valence-electron chi connectivity index (χ2n) is 4.25. The van der Waals surface area contributed by atoms with Gasteiger partial charge in [0, 0.05) is 25.0 Å². The number of nitrogens with two attached hydrogens (primary N) is 1. The van der Waals surface area contributed by atoms with Crippen LogP contribution in [0.4, 0.5) is 11.4 Å². The van der Waals surface area contributed by atoms with Gasteiger partial charge in [-0.3, -0.25) is 0 Å². The number of methoxy groups -OCH3 is 1. The van der Waals surface area contributed by atoms with Crippen molar-refractivity contribution in [3.63, 3.8) is 0 Å². The molecule has 0 radical (unpaired) electrons. The maximum Gasteiger partial charge on any atom is 0.126 e. The van der Waals surface area contributed by atoms with Crippen molar-refractivity contribution >= 4 is 11.4 Å². The lowest BCUT2D eigenvalue weighted by atomic mass is 10.1. The molecule has 1 rings (SSSR count). The zero-order valence-corrected chi connectivity index (χ0v) is 11.4. The van der Waals surface area contributed by atoms with Gasteiger partial charge in [0.1, 0.15) is 6.23 Å². The van der Waals surface area contributed by atoms with Crippen molar-refractivity contribution in [2.45, 2.75) is 39.8 Å². The average molecular weight is 236 g/mol. The molecule has 0 aliphatic carbocycles. The number of benzene rings is 1. The molecule has 0 amide bonds. The molecule has 0 aliphatic heterocycles. The Hall–Kier alpha value is -1.22. The summed E-state index contributed by atoms with van der Waals surface area (Å²) in [6.45, 7) is 7.27. The highest BCUT2D eigenvalue weighted by Gasteiger charge is 2.12. The van der Waals surface area contributed by atoms with Gasteiger partial charge in [0.2, 0.25) is 0 Å².